The van der Waals surface area contributed by atoms with Crippen molar-refractivity contribution in [3.05, 3.63) is 12.7 Å². The Morgan fingerprint density at radius 2 is 2.50 bits per heavy atom. The molecule has 0 amide bonds. The first-order valence-electron chi connectivity index (χ1n) is 2.37. The lowest BCUT2D eigenvalue weighted by atomic mass is 10.2. The van der Waals surface area contributed by atoms with E-state index in [0.717, 1.165) is 0 Å². The summed E-state index contributed by atoms with van der Waals surface area (Å²) in [6.45, 7) is 3.39. The number of hydrogen-bond acceptors (Lipinski definition) is 1. The number of rotatable bonds is 3. The molecular weight excluding hydrogens is 100 g/mol. The van der Waals surface area contributed by atoms with Gasteiger partial charge in [-0.15, -0.1) is 13.0 Å². The number of carbonyl (C=O) groups is 1. The van der Waals surface area contributed by atoms with Crippen molar-refractivity contribution in [3.8, 4) is 12.3 Å². The van der Waals surface area contributed by atoms with E-state index in [0.29, 0.717) is 6.42 Å². The predicted octanol–water partition coefficient (Wildman–Crippen LogP) is 1.15. The molecule has 0 saturated heterocycles. The Hall–Kier alpha value is -1.03. The molecule has 0 aromatic heterocycles. The van der Waals surface area contributed by atoms with E-state index in [1.54, 1.807) is 6.08 Å². The quantitative estimate of drug-likeness (QED) is 0.391. The number of Topliss-reactive ketones (excluding diaryl/α,β-unsaturated/α-hetero) is 1. The van der Waals surface area contributed by atoms with E-state index in [-0.39, 0.29) is 12.2 Å². The highest BCUT2D eigenvalue weighted by Gasteiger charge is 1.91. The number of hydrogen-bond donors (Lipinski definition) is 0. The lowest BCUT2D eigenvalue weighted by Crippen LogP contribution is -1.91. The van der Waals surface area contributed by atoms with Gasteiger partial charge in [0.25, 0.3) is 0 Å². The first-order chi connectivity index (χ1) is 3.81. The molecule has 0 N–H and O–H groups in total. The van der Waals surface area contributed by atoms with Crippen LogP contribution in [0.3, 0.4) is 0 Å². The topological polar surface area (TPSA) is 17.1 Å². The van der Waals surface area contributed by atoms with Crippen molar-refractivity contribution in [3.63, 3.8) is 0 Å². The molecular formula is C7H8O. The normalized spacial score (nSPS) is 7.38. The fourth-order valence-electron chi connectivity index (χ4n) is 0.347. The fourth-order valence-corrected chi connectivity index (χ4v) is 0.347. The van der Waals surface area contributed by atoms with Crippen LogP contribution in [-0.2, 0) is 4.79 Å². The van der Waals surface area contributed by atoms with Crippen LogP contribution >= 0.6 is 0 Å². The molecule has 0 atom stereocenters. The van der Waals surface area contributed by atoms with Crippen LogP contribution in [0.2, 0.25) is 0 Å². The van der Waals surface area contributed by atoms with E-state index in [9.17, 15) is 4.79 Å². The summed E-state index contributed by atoms with van der Waals surface area (Å²) in [6, 6.07) is 0. The summed E-state index contributed by atoms with van der Waals surface area (Å²) in [4.78, 5) is 10.4. The van der Waals surface area contributed by atoms with Gasteiger partial charge in [-0.2, -0.15) is 0 Å². The van der Waals surface area contributed by atoms with E-state index < -0.39 is 0 Å². The minimum Gasteiger partial charge on any atom is -0.298 e. The van der Waals surface area contributed by atoms with Gasteiger partial charge < -0.3 is 0 Å². The maximum atomic E-state index is 10.4. The Balaban J connectivity index is 3.36. The van der Waals surface area contributed by atoms with Gasteiger partial charge in [0.15, 0.2) is 0 Å². The molecule has 1 nitrogen and oxygen atoms in total. The third-order valence-corrected chi connectivity index (χ3v) is 0.671. The van der Waals surface area contributed by atoms with Gasteiger partial charge >= 0.3 is 0 Å². The molecule has 0 saturated carbocycles. The van der Waals surface area contributed by atoms with E-state index in [2.05, 4.69) is 12.5 Å². The van der Waals surface area contributed by atoms with Gasteiger partial charge in [0.1, 0.15) is 5.78 Å². The van der Waals surface area contributed by atoms with Crippen LogP contribution in [0.5, 0.6) is 0 Å². The van der Waals surface area contributed by atoms with Gasteiger partial charge in [-0.1, -0.05) is 12.0 Å². The fraction of sp³-hybridized carbons (Fsp3) is 0.286. The van der Waals surface area contributed by atoms with Crippen molar-refractivity contribution in [2.75, 3.05) is 0 Å². The summed E-state index contributed by atoms with van der Waals surface area (Å²) in [5, 5.41) is 0. The van der Waals surface area contributed by atoms with E-state index in [1.807, 2.05) is 0 Å². The zero-order valence-corrected chi connectivity index (χ0v) is 4.68. The smallest absolute Gasteiger partial charge is 0.148 e. The Morgan fingerprint density at radius 3 is 2.88 bits per heavy atom. The van der Waals surface area contributed by atoms with E-state index >= 15 is 0 Å². The Morgan fingerprint density at radius 1 is 1.88 bits per heavy atom. The molecule has 0 bridgehead atoms. The van der Waals surface area contributed by atoms with Crippen LogP contribution in [0, 0.1) is 12.3 Å². The zero-order valence-electron chi connectivity index (χ0n) is 4.68. The zero-order chi connectivity index (χ0) is 6.41. The average molecular weight is 108 g/mol. The molecule has 0 aromatic carbocycles. The third-order valence-electron chi connectivity index (χ3n) is 0.671. The predicted molar refractivity (Wildman–Crippen MR) is 33.3 cm³/mol. The average Bonchev–Trinajstić information content (AvgIpc) is 1.68. The van der Waals surface area contributed by atoms with Gasteiger partial charge in [0.2, 0.25) is 0 Å². The molecule has 0 heterocycles. The van der Waals surface area contributed by atoms with Crippen LogP contribution in [0.25, 0.3) is 0 Å². The van der Waals surface area contributed by atoms with Crippen LogP contribution in [0.1, 0.15) is 12.8 Å². The monoisotopic (exact) mass is 108 g/mol. The molecule has 0 radical (unpaired) electrons. The van der Waals surface area contributed by atoms with Crippen molar-refractivity contribution in [2.24, 2.45) is 0 Å². The van der Waals surface area contributed by atoms with Crippen molar-refractivity contribution in [1.82, 2.24) is 0 Å². The molecule has 0 aliphatic carbocycles. The maximum absolute atomic E-state index is 10.4. The molecule has 0 aliphatic heterocycles. The lowest BCUT2D eigenvalue weighted by molar-refractivity contribution is -0.117. The SMILES string of the molecule is C#CCC(=O)CC=C. The second kappa shape index (κ2) is 4.14. The highest BCUT2D eigenvalue weighted by Crippen LogP contribution is 1.86. The van der Waals surface area contributed by atoms with E-state index in [1.165, 1.54) is 0 Å². The molecule has 0 fully saturated rings. The Kier molecular flexibility index (Phi) is 3.60. The largest absolute Gasteiger partial charge is 0.298 e. The van der Waals surface area contributed by atoms with Crippen LogP contribution in [-0.4, -0.2) is 5.78 Å². The molecule has 1 heteroatoms. The summed E-state index contributed by atoms with van der Waals surface area (Å²) in [6.07, 6.45) is 7.03. The van der Waals surface area contributed by atoms with Gasteiger partial charge in [0.05, 0.1) is 6.42 Å². The first-order valence-corrected chi connectivity index (χ1v) is 2.37. The van der Waals surface area contributed by atoms with E-state index in [4.69, 9.17) is 6.42 Å². The van der Waals surface area contributed by atoms with Crippen LogP contribution in [0.4, 0.5) is 0 Å². The van der Waals surface area contributed by atoms with Crippen LogP contribution < -0.4 is 0 Å². The summed E-state index contributed by atoms with van der Waals surface area (Å²) < 4.78 is 0. The molecule has 0 aromatic rings. The van der Waals surface area contributed by atoms with Crippen molar-refractivity contribution < 1.29 is 4.79 Å². The number of carbonyl (C=O) groups excluding carboxylic acids is 1. The summed E-state index contributed by atoms with van der Waals surface area (Å²) in [5.74, 6) is 2.31. The number of ketones is 1. The Labute approximate surface area is 49.4 Å². The first kappa shape index (κ1) is 6.97. The summed E-state index contributed by atoms with van der Waals surface area (Å²) in [7, 11) is 0. The number of allylic oxidation sites excluding steroid dienone is 1. The minimum absolute atomic E-state index is 0.0579. The number of terminal acetylenes is 1. The molecule has 8 heavy (non-hydrogen) atoms. The Bertz CT molecular complexity index is 128. The van der Waals surface area contributed by atoms with Gasteiger partial charge in [-0.05, 0) is 0 Å². The highest BCUT2D eigenvalue weighted by molar-refractivity contribution is 5.81. The summed E-state index contributed by atoms with van der Waals surface area (Å²) >= 11 is 0. The highest BCUT2D eigenvalue weighted by atomic mass is 16.1. The lowest BCUT2D eigenvalue weighted by Gasteiger charge is -1.83. The van der Waals surface area contributed by atoms with Gasteiger partial charge in [-0.25, -0.2) is 0 Å². The minimum atomic E-state index is 0.0579. The second-order valence-electron chi connectivity index (χ2n) is 1.41. The van der Waals surface area contributed by atoms with Crippen molar-refractivity contribution >= 4 is 5.78 Å². The van der Waals surface area contributed by atoms with Gasteiger partial charge in [0, 0.05) is 6.42 Å². The van der Waals surface area contributed by atoms with Crippen LogP contribution in [0.15, 0.2) is 12.7 Å². The van der Waals surface area contributed by atoms with Crippen molar-refractivity contribution in [1.29, 1.82) is 0 Å². The van der Waals surface area contributed by atoms with Crippen molar-refractivity contribution in [2.45, 2.75) is 12.8 Å². The third kappa shape index (κ3) is 3.17. The maximum Gasteiger partial charge on any atom is 0.148 e. The molecule has 42 valence electrons. The molecule has 0 rings (SSSR count). The molecule has 0 unspecified atom stereocenters. The second-order valence-corrected chi connectivity index (χ2v) is 1.41. The van der Waals surface area contributed by atoms with Gasteiger partial charge in [-0.3, -0.25) is 4.79 Å². The molecule has 0 spiro atoms. The molecule has 0 aliphatic rings. The standard InChI is InChI=1S/C7H8O/c1-3-5-7(8)6-4-2/h1,4H,2,5-6H2. The summed E-state index contributed by atoms with van der Waals surface area (Å²) in [5.41, 5.74) is 0.